The predicted octanol–water partition coefficient (Wildman–Crippen LogP) is 0.748. The van der Waals surface area contributed by atoms with Crippen molar-refractivity contribution in [1.82, 2.24) is 0 Å². The van der Waals surface area contributed by atoms with Crippen molar-refractivity contribution < 1.29 is 17.7 Å². The molecule has 0 spiro atoms. The van der Waals surface area contributed by atoms with Crippen molar-refractivity contribution in [2.75, 3.05) is 12.4 Å². The minimum absolute atomic E-state index is 0.0548. The summed E-state index contributed by atoms with van der Waals surface area (Å²) in [4.78, 5) is 0. The van der Waals surface area contributed by atoms with Crippen LogP contribution in [0.1, 0.15) is 5.56 Å². The molecule has 0 N–H and O–H groups in total. The lowest BCUT2D eigenvalue weighted by molar-refractivity contribution is 0.134. The normalized spacial score (nSPS) is 11.5. The number of hydrogen-bond acceptors (Lipinski definition) is 4. The van der Waals surface area contributed by atoms with E-state index in [9.17, 15) is 13.0 Å². The first kappa shape index (κ1) is 11.2. The minimum Gasteiger partial charge on any atom is -0.748 e. The Morgan fingerprint density at radius 3 is 2.43 bits per heavy atom. The molecule has 5 heteroatoms. The lowest BCUT2D eigenvalue weighted by atomic mass is 10.2. The van der Waals surface area contributed by atoms with E-state index in [1.807, 2.05) is 30.3 Å². The van der Waals surface area contributed by atoms with Crippen LogP contribution in [0.2, 0.25) is 0 Å². The van der Waals surface area contributed by atoms with Gasteiger partial charge in [0, 0.05) is 0 Å². The number of ether oxygens (including phenoxy) is 1. The van der Waals surface area contributed by atoms with E-state index >= 15 is 0 Å². The van der Waals surface area contributed by atoms with Crippen LogP contribution in [0.4, 0.5) is 0 Å². The van der Waals surface area contributed by atoms with Gasteiger partial charge >= 0.3 is 0 Å². The van der Waals surface area contributed by atoms with E-state index < -0.39 is 15.9 Å². The van der Waals surface area contributed by atoms with Crippen LogP contribution in [0.5, 0.6) is 0 Å². The molecule has 0 heterocycles. The maximum absolute atomic E-state index is 10.2. The highest BCUT2D eigenvalue weighted by atomic mass is 32.2. The molecule has 4 nitrogen and oxygen atoms in total. The molecule has 14 heavy (non-hydrogen) atoms. The number of hydrogen-bond donors (Lipinski definition) is 0. The molecule has 0 aliphatic carbocycles. The second-order valence-electron chi connectivity index (χ2n) is 2.80. The lowest BCUT2D eigenvalue weighted by Gasteiger charge is -2.07. The SMILES string of the molecule is O=S(=O)([O-])CCOCc1ccccc1. The third-order valence-corrected chi connectivity index (χ3v) is 2.26. The molecule has 1 aromatic rings. The van der Waals surface area contributed by atoms with E-state index in [0.29, 0.717) is 6.61 Å². The third-order valence-electron chi connectivity index (χ3n) is 1.59. The highest BCUT2D eigenvalue weighted by molar-refractivity contribution is 7.85. The van der Waals surface area contributed by atoms with Gasteiger partial charge in [-0.25, -0.2) is 8.42 Å². The van der Waals surface area contributed by atoms with E-state index in [4.69, 9.17) is 4.74 Å². The van der Waals surface area contributed by atoms with Gasteiger partial charge in [-0.1, -0.05) is 30.3 Å². The summed E-state index contributed by atoms with van der Waals surface area (Å²) in [6, 6.07) is 9.34. The first-order chi connectivity index (χ1) is 6.58. The van der Waals surface area contributed by atoms with E-state index in [-0.39, 0.29) is 6.61 Å². The lowest BCUT2D eigenvalue weighted by Crippen LogP contribution is -2.10. The molecule has 1 aromatic carbocycles. The van der Waals surface area contributed by atoms with Crippen LogP contribution in [0, 0.1) is 0 Å². The molecular formula is C9H11O4S-. The van der Waals surface area contributed by atoms with Gasteiger partial charge in [0.15, 0.2) is 0 Å². The molecule has 0 saturated heterocycles. The Morgan fingerprint density at radius 1 is 1.21 bits per heavy atom. The Bertz CT molecular complexity index is 358. The summed E-state index contributed by atoms with van der Waals surface area (Å²) in [5.74, 6) is -0.472. The molecule has 0 fully saturated rings. The topological polar surface area (TPSA) is 66.4 Å². The van der Waals surface area contributed by atoms with Crippen LogP contribution in [0.3, 0.4) is 0 Å². The summed E-state index contributed by atoms with van der Waals surface area (Å²) in [5.41, 5.74) is 0.954. The third kappa shape index (κ3) is 4.96. The van der Waals surface area contributed by atoms with Crippen molar-refractivity contribution in [3.05, 3.63) is 35.9 Å². The average Bonchev–Trinajstić information content (AvgIpc) is 2.13. The van der Waals surface area contributed by atoms with Gasteiger partial charge in [0.25, 0.3) is 0 Å². The molecule has 0 unspecified atom stereocenters. The van der Waals surface area contributed by atoms with Crippen molar-refractivity contribution in [3.63, 3.8) is 0 Å². The van der Waals surface area contributed by atoms with Crippen LogP contribution in [0.25, 0.3) is 0 Å². The summed E-state index contributed by atoms with van der Waals surface area (Å²) in [7, 11) is -4.15. The van der Waals surface area contributed by atoms with Gasteiger partial charge in [0.1, 0.15) is 0 Å². The van der Waals surface area contributed by atoms with Crippen molar-refractivity contribution in [1.29, 1.82) is 0 Å². The monoisotopic (exact) mass is 215 g/mol. The first-order valence-corrected chi connectivity index (χ1v) is 5.71. The second kappa shape index (κ2) is 5.09. The largest absolute Gasteiger partial charge is 0.748 e. The van der Waals surface area contributed by atoms with Gasteiger partial charge in [0.05, 0.1) is 29.1 Å². The fraction of sp³-hybridized carbons (Fsp3) is 0.333. The summed E-state index contributed by atoms with van der Waals surface area (Å²) in [6.45, 7) is 0.275. The van der Waals surface area contributed by atoms with Gasteiger partial charge in [0.2, 0.25) is 0 Å². The molecule has 0 amide bonds. The van der Waals surface area contributed by atoms with Gasteiger partial charge in [-0.2, -0.15) is 0 Å². The Labute approximate surface area is 83.3 Å². The molecule has 0 saturated carbocycles. The van der Waals surface area contributed by atoms with Gasteiger partial charge < -0.3 is 9.29 Å². The second-order valence-corrected chi connectivity index (χ2v) is 4.32. The first-order valence-electron chi connectivity index (χ1n) is 4.13. The quantitative estimate of drug-likeness (QED) is 0.537. The molecule has 0 aromatic heterocycles. The van der Waals surface area contributed by atoms with Gasteiger partial charge in [-0.15, -0.1) is 0 Å². The molecule has 0 aliphatic rings. The average molecular weight is 215 g/mol. The summed E-state index contributed by atoms with van der Waals surface area (Å²) in [6.07, 6.45) is 0. The maximum atomic E-state index is 10.2. The van der Waals surface area contributed by atoms with E-state index in [0.717, 1.165) is 5.56 Å². The summed E-state index contributed by atoms with van der Waals surface area (Å²) < 4.78 is 35.6. The zero-order chi connectivity index (χ0) is 10.4. The fourth-order valence-electron chi connectivity index (χ4n) is 0.925. The smallest absolute Gasteiger partial charge is 0.0968 e. The standard InChI is InChI=1S/C9H12O4S/c10-14(11,12)7-6-13-8-9-4-2-1-3-5-9/h1-5H,6-8H2,(H,10,11,12)/p-1. The van der Waals surface area contributed by atoms with E-state index in [2.05, 4.69) is 0 Å². The summed E-state index contributed by atoms with van der Waals surface area (Å²) >= 11 is 0. The highest BCUT2D eigenvalue weighted by Crippen LogP contribution is 2.00. The van der Waals surface area contributed by atoms with Gasteiger partial charge in [-0.3, -0.25) is 0 Å². The van der Waals surface area contributed by atoms with Crippen LogP contribution < -0.4 is 0 Å². The molecule has 0 bridgehead atoms. The fourth-order valence-corrected chi connectivity index (χ4v) is 1.25. The molecule has 0 aliphatic heterocycles. The number of rotatable bonds is 5. The Balaban J connectivity index is 2.23. The van der Waals surface area contributed by atoms with Crippen LogP contribution in [-0.2, 0) is 21.5 Å². The molecule has 1 rings (SSSR count). The Hall–Kier alpha value is -0.910. The van der Waals surface area contributed by atoms with Crippen molar-refractivity contribution in [2.24, 2.45) is 0 Å². The molecule has 0 radical (unpaired) electrons. The zero-order valence-corrected chi connectivity index (χ0v) is 8.37. The maximum Gasteiger partial charge on any atom is 0.0968 e. The Kier molecular flexibility index (Phi) is 4.06. The molecule has 0 atom stereocenters. The van der Waals surface area contributed by atoms with E-state index in [1.165, 1.54) is 0 Å². The van der Waals surface area contributed by atoms with Crippen LogP contribution >= 0.6 is 0 Å². The predicted molar refractivity (Wildman–Crippen MR) is 50.7 cm³/mol. The van der Waals surface area contributed by atoms with Crippen molar-refractivity contribution in [3.8, 4) is 0 Å². The molecule has 78 valence electrons. The summed E-state index contributed by atoms with van der Waals surface area (Å²) in [5, 5.41) is 0. The zero-order valence-electron chi connectivity index (χ0n) is 7.55. The number of benzene rings is 1. The van der Waals surface area contributed by atoms with Crippen LogP contribution in [0.15, 0.2) is 30.3 Å². The van der Waals surface area contributed by atoms with Crippen molar-refractivity contribution in [2.45, 2.75) is 6.61 Å². The molecular weight excluding hydrogens is 204 g/mol. The van der Waals surface area contributed by atoms with Gasteiger partial charge in [-0.05, 0) is 5.56 Å². The van der Waals surface area contributed by atoms with Crippen LogP contribution in [-0.4, -0.2) is 25.3 Å². The highest BCUT2D eigenvalue weighted by Gasteiger charge is 1.95. The Morgan fingerprint density at radius 2 is 1.86 bits per heavy atom. The minimum atomic E-state index is -4.15. The van der Waals surface area contributed by atoms with Crippen molar-refractivity contribution >= 4 is 10.1 Å². The van der Waals surface area contributed by atoms with E-state index in [1.54, 1.807) is 0 Å².